The van der Waals surface area contributed by atoms with Crippen LogP contribution in [0.5, 0.6) is 0 Å². The van der Waals surface area contributed by atoms with Gasteiger partial charge in [-0.15, -0.1) is 0 Å². The van der Waals surface area contributed by atoms with Crippen LogP contribution in [0, 0.1) is 0 Å². The highest BCUT2D eigenvalue weighted by Crippen LogP contribution is 2.19. The predicted molar refractivity (Wildman–Crippen MR) is 85.5 cm³/mol. The Morgan fingerprint density at radius 2 is 1.96 bits per heavy atom. The first-order chi connectivity index (χ1) is 10.7. The summed E-state index contributed by atoms with van der Waals surface area (Å²) < 4.78 is 10.8. The molecule has 6 nitrogen and oxygen atoms in total. The van der Waals surface area contributed by atoms with Gasteiger partial charge in [0.2, 0.25) is 0 Å². The molecule has 0 aromatic carbocycles. The molecule has 2 rings (SSSR count). The smallest absolute Gasteiger partial charge is 0.410 e. The minimum absolute atomic E-state index is 0.215. The van der Waals surface area contributed by atoms with Gasteiger partial charge >= 0.3 is 12.1 Å². The summed E-state index contributed by atoms with van der Waals surface area (Å²) in [5, 5.41) is 0.249. The number of esters is 1. The van der Waals surface area contributed by atoms with Gasteiger partial charge in [0.15, 0.2) is 0 Å². The number of halogens is 1. The third-order valence-corrected chi connectivity index (χ3v) is 3.54. The Morgan fingerprint density at radius 3 is 2.52 bits per heavy atom. The zero-order chi connectivity index (χ0) is 17.0. The summed E-state index contributed by atoms with van der Waals surface area (Å²) in [7, 11) is 0. The van der Waals surface area contributed by atoms with Gasteiger partial charge < -0.3 is 14.4 Å². The molecule has 126 valence electrons. The summed E-state index contributed by atoms with van der Waals surface area (Å²) in [5.74, 6) is -0.426. The lowest BCUT2D eigenvalue weighted by Crippen LogP contribution is -2.43. The normalized spacial score (nSPS) is 16.1. The van der Waals surface area contributed by atoms with E-state index in [1.54, 1.807) is 11.0 Å². The van der Waals surface area contributed by atoms with Gasteiger partial charge in [0, 0.05) is 32.1 Å². The second-order valence-electron chi connectivity index (χ2n) is 6.44. The van der Waals surface area contributed by atoms with E-state index in [1.165, 1.54) is 12.3 Å². The van der Waals surface area contributed by atoms with E-state index in [0.29, 0.717) is 31.5 Å². The zero-order valence-corrected chi connectivity index (χ0v) is 14.3. The van der Waals surface area contributed by atoms with Gasteiger partial charge in [0.1, 0.15) is 16.9 Å². The van der Waals surface area contributed by atoms with Crippen LogP contribution in [0.15, 0.2) is 18.3 Å². The summed E-state index contributed by atoms with van der Waals surface area (Å²) >= 11 is 5.76. The number of hydrogen-bond donors (Lipinski definition) is 0. The molecule has 1 aromatic heterocycles. The second kappa shape index (κ2) is 7.17. The van der Waals surface area contributed by atoms with Crippen LogP contribution in [0.1, 0.15) is 44.0 Å². The number of ether oxygens (including phenoxy) is 2. The van der Waals surface area contributed by atoms with Crippen molar-refractivity contribution in [2.45, 2.75) is 45.3 Å². The number of nitrogens with zero attached hydrogens (tertiary/aromatic N) is 2. The molecule has 23 heavy (non-hydrogen) atoms. The van der Waals surface area contributed by atoms with Gasteiger partial charge in [0.05, 0.1) is 5.56 Å². The minimum atomic E-state index is -0.513. The number of rotatable bonds is 2. The SMILES string of the molecule is CC(C)(C)OC(=O)N1CCC(OC(=O)c2ccnc(Cl)c2)CC1. The van der Waals surface area contributed by atoms with E-state index < -0.39 is 11.6 Å². The maximum Gasteiger partial charge on any atom is 0.410 e. The Balaban J connectivity index is 1.83. The Bertz CT molecular complexity index is 578. The molecule has 7 heteroatoms. The summed E-state index contributed by atoms with van der Waals surface area (Å²) in [6.07, 6.45) is 2.09. The van der Waals surface area contributed by atoms with Crippen molar-refractivity contribution in [1.82, 2.24) is 9.88 Å². The quantitative estimate of drug-likeness (QED) is 0.610. The standard InChI is InChI=1S/C16H21ClN2O4/c1-16(2,3)23-15(21)19-8-5-12(6-9-19)22-14(20)11-4-7-18-13(17)10-11/h4,7,10,12H,5-6,8-9H2,1-3H3. The number of likely N-dealkylation sites (tertiary alicyclic amines) is 1. The van der Waals surface area contributed by atoms with Crippen LogP contribution >= 0.6 is 11.6 Å². The highest BCUT2D eigenvalue weighted by atomic mass is 35.5. The van der Waals surface area contributed by atoms with Crippen molar-refractivity contribution in [2.75, 3.05) is 13.1 Å². The Morgan fingerprint density at radius 1 is 1.30 bits per heavy atom. The molecule has 0 saturated carbocycles. The van der Waals surface area contributed by atoms with Gasteiger partial charge in [-0.1, -0.05) is 11.6 Å². The highest BCUT2D eigenvalue weighted by molar-refractivity contribution is 6.29. The van der Waals surface area contributed by atoms with E-state index in [4.69, 9.17) is 21.1 Å². The Labute approximate surface area is 140 Å². The third-order valence-electron chi connectivity index (χ3n) is 3.33. The minimum Gasteiger partial charge on any atom is -0.459 e. The van der Waals surface area contributed by atoms with Crippen LogP contribution in [0.3, 0.4) is 0 Å². The molecule has 0 N–H and O–H groups in total. The van der Waals surface area contributed by atoms with Crippen LogP contribution in [-0.4, -0.2) is 46.7 Å². The maximum atomic E-state index is 12.1. The summed E-state index contributed by atoms with van der Waals surface area (Å²) in [5.41, 5.74) is -0.138. The molecule has 2 heterocycles. The fourth-order valence-corrected chi connectivity index (χ4v) is 2.41. The van der Waals surface area contributed by atoms with E-state index in [0.717, 1.165) is 0 Å². The van der Waals surface area contributed by atoms with E-state index in [9.17, 15) is 9.59 Å². The number of aromatic nitrogens is 1. The number of hydrogen-bond acceptors (Lipinski definition) is 5. The molecule has 0 atom stereocenters. The molecule has 1 saturated heterocycles. The fraction of sp³-hybridized carbons (Fsp3) is 0.562. The molecule has 1 aliphatic heterocycles. The highest BCUT2D eigenvalue weighted by Gasteiger charge is 2.28. The summed E-state index contributed by atoms with van der Waals surface area (Å²) in [6, 6.07) is 3.03. The zero-order valence-electron chi connectivity index (χ0n) is 13.5. The molecule has 1 amide bonds. The van der Waals surface area contributed by atoms with Gasteiger partial charge in [-0.3, -0.25) is 0 Å². The Kier molecular flexibility index (Phi) is 5.46. The first-order valence-corrected chi connectivity index (χ1v) is 7.93. The monoisotopic (exact) mass is 340 g/mol. The molecule has 1 fully saturated rings. The third kappa shape index (κ3) is 5.39. The fourth-order valence-electron chi connectivity index (χ4n) is 2.23. The largest absolute Gasteiger partial charge is 0.459 e. The number of amides is 1. The Hall–Kier alpha value is -1.82. The number of carbonyl (C=O) groups excluding carboxylic acids is 2. The van der Waals surface area contributed by atoms with Crippen LogP contribution in [0.2, 0.25) is 5.15 Å². The van der Waals surface area contributed by atoms with Gasteiger partial charge in [0.25, 0.3) is 0 Å². The second-order valence-corrected chi connectivity index (χ2v) is 6.83. The van der Waals surface area contributed by atoms with E-state index in [1.807, 2.05) is 20.8 Å². The van der Waals surface area contributed by atoms with Crippen molar-refractivity contribution in [2.24, 2.45) is 0 Å². The average molecular weight is 341 g/mol. The van der Waals surface area contributed by atoms with E-state index in [2.05, 4.69) is 4.98 Å². The maximum absolute atomic E-state index is 12.1. The van der Waals surface area contributed by atoms with Gasteiger partial charge in [-0.25, -0.2) is 14.6 Å². The molecule has 0 spiro atoms. The topological polar surface area (TPSA) is 68.7 Å². The van der Waals surface area contributed by atoms with E-state index in [-0.39, 0.29) is 17.4 Å². The molecule has 0 bridgehead atoms. The van der Waals surface area contributed by atoms with Crippen molar-refractivity contribution < 1.29 is 19.1 Å². The lowest BCUT2D eigenvalue weighted by molar-refractivity contribution is -0.00340. The first kappa shape index (κ1) is 17.5. The lowest BCUT2D eigenvalue weighted by atomic mass is 10.1. The van der Waals surface area contributed by atoms with Crippen molar-refractivity contribution in [3.63, 3.8) is 0 Å². The average Bonchev–Trinajstić information content (AvgIpc) is 2.46. The van der Waals surface area contributed by atoms with Gasteiger partial charge in [-0.2, -0.15) is 0 Å². The van der Waals surface area contributed by atoms with Crippen molar-refractivity contribution in [3.8, 4) is 0 Å². The summed E-state index contributed by atoms with van der Waals surface area (Å²) in [4.78, 5) is 29.5. The molecule has 1 aromatic rings. The number of piperidine rings is 1. The van der Waals surface area contributed by atoms with Crippen LogP contribution < -0.4 is 0 Å². The predicted octanol–water partition coefficient (Wildman–Crippen LogP) is 3.29. The first-order valence-electron chi connectivity index (χ1n) is 7.55. The van der Waals surface area contributed by atoms with Crippen molar-refractivity contribution >= 4 is 23.7 Å². The molecular formula is C16H21ClN2O4. The van der Waals surface area contributed by atoms with Gasteiger partial charge in [-0.05, 0) is 32.9 Å². The molecule has 0 aliphatic carbocycles. The molecule has 1 aliphatic rings. The van der Waals surface area contributed by atoms with E-state index >= 15 is 0 Å². The molecule has 0 radical (unpaired) electrons. The lowest BCUT2D eigenvalue weighted by Gasteiger charge is -2.33. The van der Waals surface area contributed by atoms with Crippen molar-refractivity contribution in [1.29, 1.82) is 0 Å². The van der Waals surface area contributed by atoms with Crippen LogP contribution in [0.4, 0.5) is 4.79 Å². The van der Waals surface area contributed by atoms with Crippen LogP contribution in [0.25, 0.3) is 0 Å². The number of carbonyl (C=O) groups is 2. The number of pyridine rings is 1. The molecule has 0 unspecified atom stereocenters. The van der Waals surface area contributed by atoms with Crippen LogP contribution in [-0.2, 0) is 9.47 Å². The van der Waals surface area contributed by atoms with Crippen molar-refractivity contribution in [3.05, 3.63) is 29.0 Å². The molecular weight excluding hydrogens is 320 g/mol. The summed E-state index contributed by atoms with van der Waals surface area (Å²) in [6.45, 7) is 6.51.